The maximum atomic E-state index is 14.6. The van der Waals surface area contributed by atoms with E-state index in [0.717, 1.165) is 20.3 Å². The van der Waals surface area contributed by atoms with Gasteiger partial charge in [-0.15, -0.1) is 11.8 Å². The maximum Gasteiger partial charge on any atom is 0.264 e. The summed E-state index contributed by atoms with van der Waals surface area (Å²) in [6, 6.07) is 28.6. The zero-order chi connectivity index (χ0) is 34.9. The number of halogens is 1. The minimum Gasteiger partial charge on any atom is -0.494 e. The van der Waals surface area contributed by atoms with Crippen LogP contribution in [0.15, 0.2) is 113 Å². The van der Waals surface area contributed by atoms with Crippen LogP contribution in [0.2, 0.25) is 5.02 Å². The molecule has 1 N–H and O–H groups in total. The fourth-order valence-electron chi connectivity index (χ4n) is 5.07. The highest BCUT2D eigenvalue weighted by atomic mass is 35.5. The number of carbonyl (C=O) groups excluding carboxylic acids is 2. The Morgan fingerprint density at radius 2 is 1.50 bits per heavy atom. The lowest BCUT2D eigenvalue weighted by atomic mass is 10.0. The molecule has 0 heterocycles. The second kappa shape index (κ2) is 16.4. The summed E-state index contributed by atoms with van der Waals surface area (Å²) < 4.78 is 35.3. The first-order chi connectivity index (χ1) is 22.8. The third-order valence-electron chi connectivity index (χ3n) is 7.40. The molecular weight excluding hydrogens is 666 g/mol. The molecule has 0 aromatic heterocycles. The smallest absolute Gasteiger partial charge is 0.264 e. The Morgan fingerprint density at radius 3 is 2.06 bits per heavy atom. The van der Waals surface area contributed by atoms with E-state index in [-0.39, 0.29) is 29.5 Å². The number of nitrogens with one attached hydrogen (secondary N) is 1. The summed E-state index contributed by atoms with van der Waals surface area (Å²) in [5, 5.41) is 3.57. The minimum absolute atomic E-state index is 0.0394. The van der Waals surface area contributed by atoms with Crippen LogP contribution >= 0.6 is 23.4 Å². The Kier molecular flexibility index (Phi) is 12.6. The van der Waals surface area contributed by atoms with Crippen LogP contribution in [0, 0.1) is 0 Å². The van der Waals surface area contributed by atoms with Crippen LogP contribution in [0.3, 0.4) is 0 Å². The maximum absolute atomic E-state index is 14.6. The quantitative estimate of drug-likeness (QED) is 0.139. The summed E-state index contributed by atoms with van der Waals surface area (Å²) in [6.45, 7) is 7.42. The molecule has 0 aliphatic rings. The first-order valence-corrected chi connectivity index (χ1v) is 18.6. The highest BCUT2D eigenvalue weighted by Gasteiger charge is 2.35. The third-order valence-corrected chi connectivity index (χ3v) is 10.2. The van der Waals surface area contributed by atoms with Gasteiger partial charge in [0.15, 0.2) is 0 Å². The minimum atomic E-state index is -4.23. The molecule has 48 heavy (non-hydrogen) atoms. The molecule has 0 radical (unpaired) electrons. The first kappa shape index (κ1) is 36.8. The van der Waals surface area contributed by atoms with Crippen molar-refractivity contribution in [3.05, 3.63) is 119 Å². The van der Waals surface area contributed by atoms with Crippen LogP contribution in [0.25, 0.3) is 0 Å². The molecule has 1 atom stereocenters. The summed E-state index contributed by atoms with van der Waals surface area (Å²) in [5.41, 5.74) is 1.29. The lowest BCUT2D eigenvalue weighted by molar-refractivity contribution is -0.140. The van der Waals surface area contributed by atoms with Gasteiger partial charge < -0.3 is 15.0 Å². The fourth-order valence-corrected chi connectivity index (χ4v) is 7.02. The van der Waals surface area contributed by atoms with Gasteiger partial charge in [0.1, 0.15) is 18.3 Å². The number of thioether (sulfide) groups is 1. The number of amides is 2. The Balaban J connectivity index is 1.81. The monoisotopic (exact) mass is 707 g/mol. The van der Waals surface area contributed by atoms with Crippen molar-refractivity contribution in [3.63, 3.8) is 0 Å². The van der Waals surface area contributed by atoms with E-state index < -0.39 is 34.1 Å². The normalized spacial score (nSPS) is 12.2. The predicted octanol–water partition coefficient (Wildman–Crippen LogP) is 7.21. The van der Waals surface area contributed by atoms with Gasteiger partial charge in [0, 0.05) is 28.4 Å². The molecule has 8 nitrogen and oxygen atoms in total. The molecule has 4 rings (SSSR count). The van der Waals surface area contributed by atoms with Crippen molar-refractivity contribution in [2.75, 3.05) is 23.7 Å². The van der Waals surface area contributed by atoms with Gasteiger partial charge in [-0.1, -0.05) is 54.1 Å². The van der Waals surface area contributed by atoms with E-state index in [1.807, 2.05) is 64.3 Å². The van der Waals surface area contributed by atoms with Gasteiger partial charge in [-0.05, 0) is 106 Å². The molecule has 0 aliphatic heterocycles. The van der Waals surface area contributed by atoms with E-state index in [0.29, 0.717) is 17.4 Å². The number of sulfonamides is 1. The number of carbonyl (C=O) groups is 2. The average Bonchev–Trinajstić information content (AvgIpc) is 3.06. The van der Waals surface area contributed by atoms with Crippen LogP contribution in [-0.4, -0.2) is 56.1 Å². The number of benzene rings is 4. The van der Waals surface area contributed by atoms with Gasteiger partial charge >= 0.3 is 0 Å². The summed E-state index contributed by atoms with van der Waals surface area (Å²) in [5.74, 6) is -0.328. The lowest BCUT2D eigenvalue weighted by Crippen LogP contribution is -2.56. The molecule has 0 saturated heterocycles. The third kappa shape index (κ3) is 10.0. The second-order valence-electron chi connectivity index (χ2n) is 12.2. The van der Waals surface area contributed by atoms with Gasteiger partial charge in [-0.2, -0.15) is 0 Å². The van der Waals surface area contributed by atoms with Gasteiger partial charge in [-0.3, -0.25) is 13.9 Å². The molecular formula is C37H42ClN3O5S2. The van der Waals surface area contributed by atoms with Gasteiger partial charge in [-0.25, -0.2) is 8.42 Å². The van der Waals surface area contributed by atoms with Crippen molar-refractivity contribution in [1.82, 2.24) is 10.2 Å². The predicted molar refractivity (Wildman–Crippen MR) is 194 cm³/mol. The highest BCUT2D eigenvalue weighted by molar-refractivity contribution is 7.98. The van der Waals surface area contributed by atoms with Crippen molar-refractivity contribution < 1.29 is 22.7 Å². The molecule has 0 saturated carbocycles. The molecule has 2 amide bonds. The van der Waals surface area contributed by atoms with Crippen LogP contribution in [-0.2, 0) is 32.6 Å². The Morgan fingerprint density at radius 1 is 0.875 bits per heavy atom. The average molecular weight is 708 g/mol. The van der Waals surface area contributed by atoms with E-state index >= 15 is 0 Å². The molecule has 4 aromatic carbocycles. The van der Waals surface area contributed by atoms with Crippen molar-refractivity contribution >= 4 is 50.9 Å². The molecule has 0 aliphatic carbocycles. The van der Waals surface area contributed by atoms with E-state index in [9.17, 15) is 18.0 Å². The largest absolute Gasteiger partial charge is 0.494 e. The lowest BCUT2D eigenvalue weighted by Gasteiger charge is -2.35. The van der Waals surface area contributed by atoms with Crippen LogP contribution in [0.4, 0.5) is 5.69 Å². The molecule has 4 aromatic rings. The molecule has 0 bridgehead atoms. The van der Waals surface area contributed by atoms with Gasteiger partial charge in [0.05, 0.1) is 17.2 Å². The first-order valence-electron chi connectivity index (χ1n) is 15.6. The SMILES string of the molecule is CCOc1ccc(N(CC(=O)N(Cc2ccc(Cl)cc2)C(Cc2ccccc2)C(=O)NC(C)(C)C)S(=O)(=O)c2ccc(SC)cc2)cc1. The highest BCUT2D eigenvalue weighted by Crippen LogP contribution is 2.28. The standard InChI is InChI=1S/C37H42ClN3O5S2/c1-6-46-31-18-16-30(17-19-31)41(48(44,45)33-22-20-32(47-5)21-23-33)26-35(42)40(25-28-12-14-29(38)15-13-28)34(36(43)39-37(2,3)4)24-27-10-8-7-9-11-27/h7-23,34H,6,24-26H2,1-5H3,(H,39,43). The van der Waals surface area contributed by atoms with E-state index in [2.05, 4.69) is 5.32 Å². The molecule has 1 unspecified atom stereocenters. The van der Waals surface area contributed by atoms with Crippen LogP contribution in [0.1, 0.15) is 38.8 Å². The van der Waals surface area contributed by atoms with Crippen LogP contribution < -0.4 is 14.4 Å². The summed E-state index contributed by atoms with van der Waals surface area (Å²) in [6.07, 6.45) is 2.12. The second-order valence-corrected chi connectivity index (χ2v) is 15.4. The van der Waals surface area contributed by atoms with Crippen molar-refractivity contribution in [2.45, 2.75) is 62.0 Å². The Labute approximate surface area is 293 Å². The number of rotatable bonds is 14. The number of hydrogen-bond acceptors (Lipinski definition) is 6. The summed E-state index contributed by atoms with van der Waals surface area (Å²) >= 11 is 7.67. The Hall–Kier alpha value is -3.99. The van der Waals surface area contributed by atoms with Crippen LogP contribution in [0.5, 0.6) is 5.75 Å². The molecule has 0 spiro atoms. The number of ether oxygens (including phenoxy) is 1. The zero-order valence-corrected chi connectivity index (χ0v) is 30.2. The van der Waals surface area contributed by atoms with Crippen molar-refractivity contribution in [2.24, 2.45) is 0 Å². The van der Waals surface area contributed by atoms with E-state index in [1.165, 1.54) is 28.8 Å². The summed E-state index contributed by atoms with van der Waals surface area (Å²) in [7, 11) is -4.23. The zero-order valence-electron chi connectivity index (χ0n) is 27.9. The summed E-state index contributed by atoms with van der Waals surface area (Å²) in [4.78, 5) is 31.1. The number of nitrogens with zero attached hydrogens (tertiary/aromatic N) is 2. The molecule has 254 valence electrons. The topological polar surface area (TPSA) is 96.0 Å². The van der Waals surface area contributed by atoms with E-state index in [1.54, 1.807) is 60.7 Å². The van der Waals surface area contributed by atoms with E-state index in [4.69, 9.17) is 16.3 Å². The van der Waals surface area contributed by atoms with Gasteiger partial charge in [0.2, 0.25) is 11.8 Å². The number of hydrogen-bond donors (Lipinski definition) is 1. The Bertz CT molecular complexity index is 1760. The number of anilines is 1. The van der Waals surface area contributed by atoms with Crippen molar-refractivity contribution in [3.8, 4) is 5.75 Å². The molecule has 0 fully saturated rings. The molecule has 11 heteroatoms. The fraction of sp³-hybridized carbons (Fsp3) is 0.297. The van der Waals surface area contributed by atoms with Crippen molar-refractivity contribution in [1.29, 1.82) is 0 Å². The van der Waals surface area contributed by atoms with Gasteiger partial charge in [0.25, 0.3) is 10.0 Å².